The number of benzene rings is 8. The highest BCUT2D eigenvalue weighted by Crippen LogP contribution is 2.64. The molecule has 2 heteroatoms. The average Bonchev–Trinajstić information content (AvgIpc) is 3.61. The van der Waals surface area contributed by atoms with E-state index in [2.05, 4.69) is 194 Å². The van der Waals surface area contributed by atoms with Gasteiger partial charge in [0, 0.05) is 17.1 Å². The molecule has 0 aromatic heterocycles. The first-order chi connectivity index (χ1) is 24.4. The summed E-state index contributed by atoms with van der Waals surface area (Å²) in [6.07, 6.45) is 0. The van der Waals surface area contributed by atoms with Gasteiger partial charge in [-0.25, -0.2) is 0 Å². The van der Waals surface area contributed by atoms with Gasteiger partial charge in [-0.3, -0.25) is 0 Å². The minimum absolute atomic E-state index is 0.391. The van der Waals surface area contributed by atoms with E-state index in [1.807, 2.05) is 0 Å². The second kappa shape index (κ2) is 10.6. The van der Waals surface area contributed by atoms with Gasteiger partial charge >= 0.3 is 0 Å². The van der Waals surface area contributed by atoms with Crippen LogP contribution in [0.25, 0.3) is 43.8 Å². The van der Waals surface area contributed by atoms with Crippen LogP contribution in [0.1, 0.15) is 22.3 Å². The fraction of sp³-hybridized carbons (Fsp3) is 0.0833. The van der Waals surface area contributed by atoms with Gasteiger partial charge in [0.15, 0.2) is 0 Å². The van der Waals surface area contributed by atoms with E-state index in [-0.39, 0.29) is 0 Å². The molecule has 238 valence electrons. The Kier molecular flexibility index (Phi) is 6.22. The van der Waals surface area contributed by atoms with Crippen LogP contribution >= 0.6 is 0 Å². The molecule has 0 saturated heterocycles. The lowest BCUT2D eigenvalue weighted by Gasteiger charge is -2.31. The Bertz CT molecular complexity index is 2580. The molecule has 8 aromatic rings. The van der Waals surface area contributed by atoms with Gasteiger partial charge in [0.05, 0.1) is 13.5 Å². The third-order valence-electron chi connectivity index (χ3n) is 11.2. The average molecular weight is 656 g/mol. The summed E-state index contributed by atoms with van der Waals surface area (Å²) in [5.74, 6) is 0. The van der Waals surface area contributed by atoms with Crippen molar-refractivity contribution in [1.82, 2.24) is 0 Å². The summed E-state index contributed by atoms with van der Waals surface area (Å²) in [6, 6.07) is 63.9. The summed E-state index contributed by atoms with van der Waals surface area (Å²) < 4.78 is 0. The molecule has 0 heterocycles. The normalized spacial score (nSPS) is 13.7. The number of para-hydroxylation sites is 1. The third kappa shape index (κ3) is 4.06. The van der Waals surface area contributed by atoms with Crippen LogP contribution in [0.4, 0.5) is 17.1 Å². The van der Waals surface area contributed by atoms with E-state index in [4.69, 9.17) is 0 Å². The molecule has 0 N–H and O–H groups in total. The first-order valence-corrected chi connectivity index (χ1v) is 21.2. The highest BCUT2D eigenvalue weighted by Gasteiger charge is 2.52. The molecule has 0 fully saturated rings. The van der Waals surface area contributed by atoms with Crippen molar-refractivity contribution in [2.75, 3.05) is 4.90 Å². The zero-order chi connectivity index (χ0) is 33.6. The lowest BCUT2D eigenvalue weighted by molar-refractivity contribution is 0.795. The van der Waals surface area contributed by atoms with Gasteiger partial charge in [-0.15, -0.1) is 0 Å². The van der Waals surface area contributed by atoms with Crippen LogP contribution in [0, 0.1) is 0 Å². The van der Waals surface area contributed by atoms with Gasteiger partial charge in [0.2, 0.25) is 0 Å². The van der Waals surface area contributed by atoms with Crippen LogP contribution in [-0.2, 0) is 5.41 Å². The van der Waals surface area contributed by atoms with Crippen LogP contribution in [0.5, 0.6) is 0 Å². The quantitative estimate of drug-likeness (QED) is 0.171. The van der Waals surface area contributed by atoms with E-state index in [1.54, 1.807) is 0 Å². The Hall–Kier alpha value is -5.70. The highest BCUT2D eigenvalue weighted by molar-refractivity contribution is 6.88. The Balaban J connectivity index is 1.25. The SMILES string of the molecule is C[Si](C)(C)c1ccc(N(c2ccccc2)c2ccc3cc4c(cc3c2)C2(c3ccccc3-c3ccccc32)c2ccc3ccccc3c2-4)cc1. The van der Waals surface area contributed by atoms with Gasteiger partial charge < -0.3 is 4.90 Å². The first kappa shape index (κ1) is 29.2. The van der Waals surface area contributed by atoms with Crippen LogP contribution in [0.15, 0.2) is 170 Å². The van der Waals surface area contributed by atoms with Crippen molar-refractivity contribution in [1.29, 1.82) is 0 Å². The van der Waals surface area contributed by atoms with Crippen molar-refractivity contribution in [2.45, 2.75) is 25.1 Å². The van der Waals surface area contributed by atoms with Crippen molar-refractivity contribution in [3.05, 3.63) is 192 Å². The zero-order valence-electron chi connectivity index (χ0n) is 28.6. The van der Waals surface area contributed by atoms with E-state index in [9.17, 15) is 0 Å². The van der Waals surface area contributed by atoms with E-state index in [0.29, 0.717) is 0 Å². The molecule has 0 amide bonds. The minimum atomic E-state index is -1.43. The summed E-state index contributed by atoms with van der Waals surface area (Å²) in [7, 11) is -1.43. The number of nitrogens with zero attached hydrogens (tertiary/aromatic N) is 1. The third-order valence-corrected chi connectivity index (χ3v) is 13.2. The van der Waals surface area contributed by atoms with E-state index in [1.165, 1.54) is 76.9 Å². The highest BCUT2D eigenvalue weighted by atomic mass is 28.3. The van der Waals surface area contributed by atoms with E-state index in [0.717, 1.165) is 11.4 Å². The van der Waals surface area contributed by atoms with Crippen LogP contribution in [-0.4, -0.2) is 8.07 Å². The molecule has 0 bridgehead atoms. The number of fused-ring (bicyclic) bond motifs is 13. The maximum absolute atomic E-state index is 2.51. The number of anilines is 3. The smallest absolute Gasteiger partial charge is 0.0775 e. The van der Waals surface area contributed by atoms with Crippen LogP contribution in [0.2, 0.25) is 19.6 Å². The second-order valence-corrected chi connectivity index (χ2v) is 20.0. The topological polar surface area (TPSA) is 3.24 Å². The van der Waals surface area contributed by atoms with Gasteiger partial charge in [-0.2, -0.15) is 0 Å². The minimum Gasteiger partial charge on any atom is -0.310 e. The fourth-order valence-electron chi connectivity index (χ4n) is 8.91. The predicted molar refractivity (Wildman–Crippen MR) is 215 cm³/mol. The van der Waals surface area contributed by atoms with Crippen LogP contribution in [0.3, 0.4) is 0 Å². The largest absolute Gasteiger partial charge is 0.310 e. The van der Waals surface area contributed by atoms with Crippen molar-refractivity contribution < 1.29 is 0 Å². The van der Waals surface area contributed by atoms with Gasteiger partial charge in [-0.1, -0.05) is 146 Å². The van der Waals surface area contributed by atoms with Gasteiger partial charge in [-0.05, 0) is 115 Å². The monoisotopic (exact) mass is 655 g/mol. The molecular weight excluding hydrogens is 619 g/mol. The lowest BCUT2D eigenvalue weighted by Crippen LogP contribution is -2.37. The zero-order valence-corrected chi connectivity index (χ0v) is 29.6. The second-order valence-electron chi connectivity index (χ2n) is 14.9. The number of hydrogen-bond donors (Lipinski definition) is 0. The molecule has 8 aromatic carbocycles. The van der Waals surface area contributed by atoms with E-state index < -0.39 is 13.5 Å². The molecule has 1 nitrogen and oxygen atoms in total. The standard InChI is InChI=1S/C48H37NSi/c1-50(2,3)38-26-24-36(25-27-38)49(35-14-5-4-6-15-35)37-23-21-33-30-42-46(31-34(33)29-37)48(45-28-22-32-13-7-8-16-39(32)47(42)45)43-19-11-9-17-40(43)41-18-10-12-20-44(41)48/h4-31H,1-3H3. The molecule has 2 aliphatic carbocycles. The number of rotatable bonds is 4. The van der Waals surface area contributed by atoms with Gasteiger partial charge in [0.25, 0.3) is 0 Å². The van der Waals surface area contributed by atoms with E-state index >= 15 is 0 Å². The van der Waals surface area contributed by atoms with Crippen molar-refractivity contribution in [3.63, 3.8) is 0 Å². The molecule has 10 rings (SSSR count). The molecular formula is C48H37NSi. The molecule has 0 atom stereocenters. The predicted octanol–water partition coefficient (Wildman–Crippen LogP) is 12.4. The van der Waals surface area contributed by atoms with Crippen LogP contribution < -0.4 is 10.1 Å². The summed E-state index contributed by atoms with van der Waals surface area (Å²) >= 11 is 0. The molecule has 0 unspecified atom stereocenters. The van der Waals surface area contributed by atoms with Crippen molar-refractivity contribution in [3.8, 4) is 22.3 Å². The Morgan fingerprint density at radius 1 is 0.400 bits per heavy atom. The van der Waals surface area contributed by atoms with Gasteiger partial charge in [0.1, 0.15) is 0 Å². The maximum Gasteiger partial charge on any atom is 0.0775 e. The van der Waals surface area contributed by atoms with Crippen molar-refractivity contribution in [2.24, 2.45) is 0 Å². The Morgan fingerprint density at radius 3 is 1.72 bits per heavy atom. The molecule has 0 saturated carbocycles. The maximum atomic E-state index is 2.51. The Morgan fingerprint density at radius 2 is 1.00 bits per heavy atom. The summed E-state index contributed by atoms with van der Waals surface area (Å²) in [6.45, 7) is 7.23. The molecule has 1 spiro atoms. The first-order valence-electron chi connectivity index (χ1n) is 17.7. The molecule has 50 heavy (non-hydrogen) atoms. The molecule has 0 radical (unpaired) electrons. The molecule has 2 aliphatic rings. The van der Waals surface area contributed by atoms with Crippen molar-refractivity contribution >= 4 is 51.9 Å². The number of hydrogen-bond acceptors (Lipinski definition) is 1. The Labute approximate surface area is 295 Å². The molecule has 0 aliphatic heterocycles. The fourth-order valence-corrected chi connectivity index (χ4v) is 10.1. The lowest BCUT2D eigenvalue weighted by atomic mass is 9.70. The summed E-state index contributed by atoms with van der Waals surface area (Å²) in [5, 5.41) is 6.57. The summed E-state index contributed by atoms with van der Waals surface area (Å²) in [4.78, 5) is 2.40. The summed E-state index contributed by atoms with van der Waals surface area (Å²) in [5.41, 5.74) is 14.0.